The van der Waals surface area contributed by atoms with E-state index in [0.29, 0.717) is 12.5 Å². The Labute approximate surface area is 122 Å². The molecule has 3 nitrogen and oxygen atoms in total. The highest BCUT2D eigenvalue weighted by molar-refractivity contribution is 9.10. The second-order valence-electron chi connectivity index (χ2n) is 4.80. The zero-order valence-electron chi connectivity index (χ0n) is 11.6. The van der Waals surface area contributed by atoms with Crippen molar-refractivity contribution < 1.29 is 4.74 Å². The van der Waals surface area contributed by atoms with Crippen LogP contribution in [0.15, 0.2) is 35.2 Å². The summed E-state index contributed by atoms with van der Waals surface area (Å²) in [6.45, 7) is 7.91. The lowest BCUT2D eigenvalue weighted by Crippen LogP contribution is -2.05. The van der Waals surface area contributed by atoms with Crippen molar-refractivity contribution in [2.45, 2.75) is 39.8 Å². The van der Waals surface area contributed by atoms with Crippen molar-refractivity contribution in [3.63, 3.8) is 0 Å². The Morgan fingerprint density at radius 3 is 2.84 bits per heavy atom. The highest BCUT2D eigenvalue weighted by atomic mass is 79.9. The average Bonchev–Trinajstić information content (AvgIpc) is 2.84. The lowest BCUT2D eigenvalue weighted by molar-refractivity contribution is 0.291. The fourth-order valence-electron chi connectivity index (χ4n) is 2.01. The van der Waals surface area contributed by atoms with Gasteiger partial charge in [-0.15, -0.1) is 0 Å². The quantitative estimate of drug-likeness (QED) is 0.817. The number of ether oxygens (including phenoxy) is 1. The van der Waals surface area contributed by atoms with E-state index in [4.69, 9.17) is 4.74 Å². The average molecular weight is 323 g/mol. The number of nitrogens with zero attached hydrogens (tertiary/aromatic N) is 2. The Kier molecular flexibility index (Phi) is 4.64. The minimum Gasteiger partial charge on any atom is -0.487 e. The van der Waals surface area contributed by atoms with Crippen LogP contribution in [-0.4, -0.2) is 9.55 Å². The first-order valence-corrected chi connectivity index (χ1v) is 7.32. The molecule has 0 aliphatic rings. The topological polar surface area (TPSA) is 27.1 Å². The molecule has 1 aromatic carbocycles. The molecule has 0 radical (unpaired) electrons. The Morgan fingerprint density at radius 1 is 1.37 bits per heavy atom. The summed E-state index contributed by atoms with van der Waals surface area (Å²) in [4.78, 5) is 4.15. The van der Waals surface area contributed by atoms with Crippen LogP contribution in [-0.2, 0) is 13.2 Å². The molecule has 0 N–H and O–H groups in total. The normalized spacial score (nSPS) is 11.0. The monoisotopic (exact) mass is 322 g/mol. The summed E-state index contributed by atoms with van der Waals surface area (Å²) in [7, 11) is 0. The number of aromatic nitrogens is 2. The van der Waals surface area contributed by atoms with Gasteiger partial charge >= 0.3 is 0 Å². The third-order valence-electron chi connectivity index (χ3n) is 3.11. The van der Waals surface area contributed by atoms with Gasteiger partial charge in [-0.05, 0) is 36.6 Å². The molecule has 0 saturated heterocycles. The number of rotatable bonds is 5. The summed E-state index contributed by atoms with van der Waals surface area (Å²) in [6, 6.07) is 6.15. The predicted octanol–water partition coefficient (Wildman–Crippen LogP) is 4.37. The third kappa shape index (κ3) is 3.38. The Balaban J connectivity index is 2.15. The molecule has 0 atom stereocenters. The van der Waals surface area contributed by atoms with Gasteiger partial charge in [-0.25, -0.2) is 4.98 Å². The minimum absolute atomic E-state index is 0.434. The molecule has 0 unspecified atom stereocenters. The number of aryl methyl sites for hydroxylation is 1. The molecule has 4 heteroatoms. The maximum absolute atomic E-state index is 5.96. The number of imidazole rings is 1. The first kappa shape index (κ1) is 14.1. The molecular weight excluding hydrogens is 304 g/mol. The Bertz CT molecular complexity index is 549. The molecule has 2 rings (SSSR count). The van der Waals surface area contributed by atoms with E-state index < -0.39 is 0 Å². The number of benzene rings is 1. The van der Waals surface area contributed by atoms with Crippen molar-refractivity contribution in [2.24, 2.45) is 0 Å². The van der Waals surface area contributed by atoms with Crippen molar-refractivity contribution in [3.8, 4) is 5.75 Å². The second kappa shape index (κ2) is 6.24. The standard InChI is InChI=1S/C15H19BrN2O/c1-4-18-10-17-8-13(18)9-19-15-6-5-12(16)7-14(15)11(2)3/h5-8,10-11H,4,9H2,1-3H3. The summed E-state index contributed by atoms with van der Waals surface area (Å²) < 4.78 is 9.14. The Morgan fingerprint density at radius 2 is 2.16 bits per heavy atom. The van der Waals surface area contributed by atoms with Crippen LogP contribution in [0.5, 0.6) is 5.75 Å². The van der Waals surface area contributed by atoms with Gasteiger partial charge in [0.1, 0.15) is 12.4 Å². The predicted molar refractivity (Wildman–Crippen MR) is 80.5 cm³/mol. The van der Waals surface area contributed by atoms with Gasteiger partial charge in [-0.2, -0.15) is 0 Å². The lowest BCUT2D eigenvalue weighted by atomic mass is 10.0. The molecule has 19 heavy (non-hydrogen) atoms. The maximum atomic E-state index is 5.96. The summed E-state index contributed by atoms with van der Waals surface area (Å²) in [5.74, 6) is 1.38. The van der Waals surface area contributed by atoms with E-state index in [9.17, 15) is 0 Å². The van der Waals surface area contributed by atoms with Gasteiger partial charge in [0.05, 0.1) is 18.2 Å². The van der Waals surface area contributed by atoms with Gasteiger partial charge in [0.25, 0.3) is 0 Å². The van der Waals surface area contributed by atoms with Crippen LogP contribution in [0, 0.1) is 0 Å². The Hall–Kier alpha value is -1.29. The van der Waals surface area contributed by atoms with Gasteiger partial charge in [0.2, 0.25) is 0 Å². The number of halogens is 1. The van der Waals surface area contributed by atoms with E-state index in [1.165, 1.54) is 5.56 Å². The second-order valence-corrected chi connectivity index (χ2v) is 5.71. The van der Waals surface area contributed by atoms with Crippen molar-refractivity contribution in [1.29, 1.82) is 0 Å². The molecule has 1 aromatic heterocycles. The molecule has 0 aliphatic heterocycles. The van der Waals surface area contributed by atoms with Crippen molar-refractivity contribution in [3.05, 3.63) is 46.5 Å². The lowest BCUT2D eigenvalue weighted by Gasteiger charge is -2.15. The SMILES string of the molecule is CCn1cncc1COc1ccc(Br)cc1C(C)C. The largest absolute Gasteiger partial charge is 0.487 e. The number of hydrogen-bond acceptors (Lipinski definition) is 2. The van der Waals surface area contributed by atoms with Gasteiger partial charge < -0.3 is 9.30 Å². The van der Waals surface area contributed by atoms with Crippen molar-refractivity contribution >= 4 is 15.9 Å². The smallest absolute Gasteiger partial charge is 0.130 e. The van der Waals surface area contributed by atoms with E-state index >= 15 is 0 Å². The van der Waals surface area contributed by atoms with Gasteiger partial charge in [-0.3, -0.25) is 0 Å². The molecule has 0 spiro atoms. The summed E-state index contributed by atoms with van der Waals surface area (Å²) >= 11 is 3.51. The van der Waals surface area contributed by atoms with E-state index in [0.717, 1.165) is 22.5 Å². The first-order chi connectivity index (χ1) is 9.11. The summed E-state index contributed by atoms with van der Waals surface area (Å²) in [5, 5.41) is 0. The van der Waals surface area contributed by atoms with Crippen LogP contribution in [0.1, 0.15) is 37.9 Å². The fraction of sp³-hybridized carbons (Fsp3) is 0.400. The van der Waals surface area contributed by atoms with E-state index in [1.807, 2.05) is 24.7 Å². The van der Waals surface area contributed by atoms with Gasteiger partial charge in [0.15, 0.2) is 0 Å². The van der Waals surface area contributed by atoms with Gasteiger partial charge in [0, 0.05) is 11.0 Å². The van der Waals surface area contributed by atoms with E-state index in [-0.39, 0.29) is 0 Å². The highest BCUT2D eigenvalue weighted by Gasteiger charge is 2.09. The zero-order valence-corrected chi connectivity index (χ0v) is 13.1. The van der Waals surface area contributed by atoms with Crippen LogP contribution in [0.4, 0.5) is 0 Å². The van der Waals surface area contributed by atoms with Crippen LogP contribution in [0.25, 0.3) is 0 Å². The van der Waals surface area contributed by atoms with E-state index in [1.54, 1.807) is 0 Å². The van der Waals surface area contributed by atoms with Crippen LogP contribution >= 0.6 is 15.9 Å². The van der Waals surface area contributed by atoms with Gasteiger partial charge in [-0.1, -0.05) is 29.8 Å². The molecule has 0 saturated carbocycles. The number of hydrogen-bond donors (Lipinski definition) is 0. The van der Waals surface area contributed by atoms with Crippen LogP contribution in [0.3, 0.4) is 0 Å². The molecule has 1 heterocycles. The van der Waals surface area contributed by atoms with Crippen LogP contribution < -0.4 is 4.74 Å². The molecule has 102 valence electrons. The van der Waals surface area contributed by atoms with Crippen LogP contribution in [0.2, 0.25) is 0 Å². The summed E-state index contributed by atoms with van der Waals surface area (Å²) in [6.07, 6.45) is 3.70. The van der Waals surface area contributed by atoms with E-state index in [2.05, 4.69) is 52.3 Å². The van der Waals surface area contributed by atoms with Crippen molar-refractivity contribution in [1.82, 2.24) is 9.55 Å². The molecule has 0 aliphatic carbocycles. The molecular formula is C15H19BrN2O. The molecule has 2 aromatic rings. The summed E-state index contributed by atoms with van der Waals surface area (Å²) in [5.41, 5.74) is 2.32. The molecule has 0 amide bonds. The zero-order chi connectivity index (χ0) is 13.8. The molecule has 0 bridgehead atoms. The highest BCUT2D eigenvalue weighted by Crippen LogP contribution is 2.30. The van der Waals surface area contributed by atoms with Crippen molar-refractivity contribution in [2.75, 3.05) is 0 Å². The first-order valence-electron chi connectivity index (χ1n) is 6.53. The maximum Gasteiger partial charge on any atom is 0.130 e. The minimum atomic E-state index is 0.434. The molecule has 0 fully saturated rings. The third-order valence-corrected chi connectivity index (χ3v) is 3.60. The fourth-order valence-corrected chi connectivity index (χ4v) is 2.39.